The lowest BCUT2D eigenvalue weighted by Crippen LogP contribution is -2.01. The maximum atomic E-state index is 9.13. The lowest BCUT2D eigenvalue weighted by molar-refractivity contribution is 0.554. The van der Waals surface area contributed by atoms with E-state index in [1.54, 1.807) is 72.8 Å². The van der Waals surface area contributed by atoms with Crippen molar-refractivity contribution in [3.8, 4) is 53.3 Å². The van der Waals surface area contributed by atoms with Crippen LogP contribution in [0.2, 0.25) is 0 Å². The van der Waals surface area contributed by atoms with Gasteiger partial charge in [-0.05, 0) is 60.7 Å². The minimum atomic E-state index is -0.0118. The minimum Gasteiger partial charge on any atom is -0.455 e. The summed E-state index contributed by atoms with van der Waals surface area (Å²) in [6.45, 7) is 0.415. The standard InChI is InChI=1S/C27H16N6O2/c28-14-3-15-33-24(26-12-8-22(34-26)6-1-4-20(16-29)17-30)10-11-25(33)27-13-9-23(35-27)7-2-5-21(18-31)19-32/h1-2,4-13H,3,15H2/b6-1+,7-2+. The second-order valence-corrected chi connectivity index (χ2v) is 6.89. The summed E-state index contributed by atoms with van der Waals surface area (Å²) in [5.74, 6) is 2.23. The highest BCUT2D eigenvalue weighted by atomic mass is 16.3. The van der Waals surface area contributed by atoms with Crippen LogP contribution < -0.4 is 0 Å². The van der Waals surface area contributed by atoms with Crippen LogP contribution in [0.5, 0.6) is 0 Å². The zero-order chi connectivity index (χ0) is 25.0. The monoisotopic (exact) mass is 456 g/mol. The molecule has 3 aromatic rings. The summed E-state index contributed by atoms with van der Waals surface area (Å²) in [6.07, 6.45) is 9.49. The van der Waals surface area contributed by atoms with E-state index in [1.807, 2.05) is 16.7 Å². The third-order valence-corrected chi connectivity index (χ3v) is 4.71. The van der Waals surface area contributed by atoms with E-state index in [-0.39, 0.29) is 17.6 Å². The second-order valence-electron chi connectivity index (χ2n) is 6.89. The Morgan fingerprint density at radius 3 is 1.54 bits per heavy atom. The Bertz CT molecular complexity index is 1410. The summed E-state index contributed by atoms with van der Waals surface area (Å²) in [6, 6.07) is 20.1. The van der Waals surface area contributed by atoms with Crippen molar-refractivity contribution in [1.29, 1.82) is 26.3 Å². The van der Waals surface area contributed by atoms with E-state index in [9.17, 15) is 0 Å². The Morgan fingerprint density at radius 1 is 0.686 bits per heavy atom. The van der Waals surface area contributed by atoms with Gasteiger partial charge >= 0.3 is 0 Å². The fraction of sp³-hybridized carbons (Fsp3) is 0.0741. The molecule has 166 valence electrons. The summed E-state index contributed by atoms with van der Waals surface area (Å²) in [7, 11) is 0. The van der Waals surface area contributed by atoms with Crippen molar-refractivity contribution in [2.45, 2.75) is 13.0 Å². The Hall–Kier alpha value is -5.75. The molecule has 0 radical (unpaired) electrons. The molecular formula is C27H16N6O2. The summed E-state index contributed by atoms with van der Waals surface area (Å²) in [5, 5.41) is 44.3. The Morgan fingerprint density at radius 2 is 1.14 bits per heavy atom. The molecule has 3 heterocycles. The molecule has 0 bridgehead atoms. The number of hydrogen-bond acceptors (Lipinski definition) is 7. The van der Waals surface area contributed by atoms with Crippen molar-refractivity contribution in [1.82, 2.24) is 4.57 Å². The summed E-state index contributed by atoms with van der Waals surface area (Å²) in [4.78, 5) is 0. The quantitative estimate of drug-likeness (QED) is 0.302. The highest BCUT2D eigenvalue weighted by Crippen LogP contribution is 2.32. The van der Waals surface area contributed by atoms with Crippen LogP contribution in [0, 0.1) is 56.7 Å². The zero-order valence-corrected chi connectivity index (χ0v) is 18.3. The van der Waals surface area contributed by atoms with Gasteiger partial charge in [0.05, 0.1) is 23.9 Å². The highest BCUT2D eigenvalue weighted by Gasteiger charge is 2.16. The predicted octanol–water partition coefficient (Wildman–Crippen LogP) is 5.90. The molecule has 8 heteroatoms. The van der Waals surface area contributed by atoms with E-state index >= 15 is 0 Å². The Balaban J connectivity index is 1.90. The largest absolute Gasteiger partial charge is 0.455 e. The molecule has 0 N–H and O–H groups in total. The lowest BCUT2D eigenvalue weighted by Gasteiger charge is -2.09. The van der Waals surface area contributed by atoms with E-state index < -0.39 is 0 Å². The van der Waals surface area contributed by atoms with Crippen LogP contribution in [0.3, 0.4) is 0 Å². The van der Waals surface area contributed by atoms with Gasteiger partial charge in [-0.2, -0.15) is 26.3 Å². The molecule has 0 saturated carbocycles. The maximum Gasteiger partial charge on any atom is 0.151 e. The fourth-order valence-electron chi connectivity index (χ4n) is 3.14. The first kappa shape index (κ1) is 23.9. The third-order valence-electron chi connectivity index (χ3n) is 4.71. The van der Waals surface area contributed by atoms with E-state index in [0.717, 1.165) is 11.4 Å². The average Bonchev–Trinajstić information content (AvgIpc) is 3.62. The number of nitrogens with zero attached hydrogens (tertiary/aromatic N) is 6. The first-order chi connectivity index (χ1) is 17.1. The molecule has 0 aliphatic heterocycles. The molecule has 0 unspecified atom stereocenters. The van der Waals surface area contributed by atoms with Crippen LogP contribution in [0.4, 0.5) is 0 Å². The van der Waals surface area contributed by atoms with E-state index in [4.69, 9.17) is 35.1 Å². The average molecular weight is 456 g/mol. The van der Waals surface area contributed by atoms with Gasteiger partial charge in [-0.3, -0.25) is 0 Å². The molecule has 3 rings (SSSR count). The van der Waals surface area contributed by atoms with Gasteiger partial charge in [0.15, 0.2) is 11.5 Å². The Kier molecular flexibility index (Phi) is 8.03. The predicted molar refractivity (Wildman–Crippen MR) is 127 cm³/mol. The van der Waals surface area contributed by atoms with Gasteiger partial charge in [0, 0.05) is 6.54 Å². The number of allylic oxidation sites excluding steroid dienone is 6. The molecule has 0 aromatic carbocycles. The van der Waals surface area contributed by atoms with Crippen LogP contribution in [-0.4, -0.2) is 4.57 Å². The molecule has 8 nitrogen and oxygen atoms in total. The van der Waals surface area contributed by atoms with E-state index in [0.29, 0.717) is 29.6 Å². The third kappa shape index (κ3) is 5.94. The molecule has 0 atom stereocenters. The van der Waals surface area contributed by atoms with Crippen LogP contribution in [0.15, 0.2) is 80.7 Å². The van der Waals surface area contributed by atoms with Crippen molar-refractivity contribution >= 4 is 12.2 Å². The minimum absolute atomic E-state index is 0.0118. The van der Waals surface area contributed by atoms with Crippen LogP contribution >= 0.6 is 0 Å². The van der Waals surface area contributed by atoms with Crippen molar-refractivity contribution in [3.05, 3.63) is 83.4 Å². The Labute approximate surface area is 201 Å². The van der Waals surface area contributed by atoms with Gasteiger partial charge in [0.1, 0.15) is 46.9 Å². The SMILES string of the molecule is N#CCCn1c(-c2ccc(/C=C/C=C(C#N)C#N)o2)ccc1-c1ccc(/C=C/C=C(C#N)C#N)o1. The lowest BCUT2D eigenvalue weighted by atomic mass is 10.3. The van der Waals surface area contributed by atoms with E-state index in [1.165, 1.54) is 12.2 Å². The molecule has 3 aromatic heterocycles. The van der Waals surface area contributed by atoms with Crippen LogP contribution in [0.1, 0.15) is 17.9 Å². The molecule has 0 amide bonds. The molecule has 0 saturated heterocycles. The van der Waals surface area contributed by atoms with Crippen molar-refractivity contribution in [3.63, 3.8) is 0 Å². The molecule has 0 aliphatic rings. The van der Waals surface area contributed by atoms with Gasteiger partial charge in [0.2, 0.25) is 0 Å². The molecule has 0 aliphatic carbocycles. The van der Waals surface area contributed by atoms with Gasteiger partial charge in [0.25, 0.3) is 0 Å². The van der Waals surface area contributed by atoms with Gasteiger partial charge in [-0.15, -0.1) is 0 Å². The first-order valence-corrected chi connectivity index (χ1v) is 10.3. The smallest absolute Gasteiger partial charge is 0.151 e. The highest BCUT2D eigenvalue weighted by molar-refractivity contribution is 5.66. The van der Waals surface area contributed by atoms with Crippen molar-refractivity contribution < 1.29 is 8.83 Å². The molecular weight excluding hydrogens is 440 g/mol. The number of aromatic nitrogens is 1. The summed E-state index contributed by atoms with van der Waals surface area (Å²) < 4.78 is 13.7. The summed E-state index contributed by atoms with van der Waals surface area (Å²) in [5.41, 5.74) is 1.48. The first-order valence-electron chi connectivity index (χ1n) is 10.3. The van der Waals surface area contributed by atoms with E-state index in [2.05, 4.69) is 6.07 Å². The molecule has 0 fully saturated rings. The van der Waals surface area contributed by atoms with Gasteiger partial charge in [-0.25, -0.2) is 0 Å². The zero-order valence-electron chi connectivity index (χ0n) is 18.3. The topological polar surface area (TPSA) is 150 Å². The normalized spacial score (nSPS) is 10.1. The number of furan rings is 2. The summed E-state index contributed by atoms with van der Waals surface area (Å²) >= 11 is 0. The second kappa shape index (κ2) is 11.8. The maximum absolute atomic E-state index is 9.13. The number of rotatable bonds is 8. The van der Waals surface area contributed by atoms with Crippen LogP contribution in [0.25, 0.3) is 35.1 Å². The van der Waals surface area contributed by atoms with Crippen molar-refractivity contribution in [2.24, 2.45) is 0 Å². The number of nitriles is 5. The van der Waals surface area contributed by atoms with Gasteiger partial charge in [-0.1, -0.05) is 12.2 Å². The van der Waals surface area contributed by atoms with Crippen molar-refractivity contribution in [2.75, 3.05) is 0 Å². The van der Waals surface area contributed by atoms with Crippen LogP contribution in [-0.2, 0) is 6.54 Å². The molecule has 35 heavy (non-hydrogen) atoms. The number of hydrogen-bond donors (Lipinski definition) is 0. The molecule has 0 spiro atoms. The van der Waals surface area contributed by atoms with Gasteiger partial charge < -0.3 is 13.4 Å². The fourth-order valence-corrected chi connectivity index (χ4v) is 3.14.